The molecule has 0 bridgehead atoms. The van der Waals surface area contributed by atoms with Crippen LogP contribution in [0.5, 0.6) is 0 Å². The van der Waals surface area contributed by atoms with Gasteiger partial charge in [-0.15, -0.1) is 0 Å². The predicted octanol–water partition coefficient (Wildman–Crippen LogP) is 2.87. The molecule has 4 heteroatoms. The Morgan fingerprint density at radius 1 is 0.882 bits per heavy atom. The van der Waals surface area contributed by atoms with Crippen molar-refractivity contribution in [2.75, 3.05) is 0 Å². The van der Waals surface area contributed by atoms with Gasteiger partial charge in [-0.3, -0.25) is 9.59 Å². The van der Waals surface area contributed by atoms with E-state index in [1.165, 1.54) is 0 Å². The number of carbonyl (C=O) groups is 2. The molecule has 17 heavy (non-hydrogen) atoms. The van der Waals surface area contributed by atoms with Crippen LogP contribution in [0.2, 0.25) is 0 Å². The van der Waals surface area contributed by atoms with E-state index in [0.29, 0.717) is 0 Å². The van der Waals surface area contributed by atoms with Gasteiger partial charge in [-0.25, -0.2) is 0 Å². The third-order valence-electron chi connectivity index (χ3n) is 3.80. The van der Waals surface area contributed by atoms with Gasteiger partial charge in [-0.1, -0.05) is 40.5 Å². The van der Waals surface area contributed by atoms with Gasteiger partial charge in [0.2, 0.25) is 0 Å². The molecule has 0 aromatic carbocycles. The van der Waals surface area contributed by atoms with Crippen LogP contribution >= 0.6 is 0 Å². The zero-order valence-corrected chi connectivity index (χ0v) is 11.1. The maximum Gasteiger partial charge on any atom is 0.306 e. The highest BCUT2D eigenvalue weighted by atomic mass is 16.4. The predicted molar refractivity (Wildman–Crippen MR) is 65.8 cm³/mol. The van der Waals surface area contributed by atoms with Crippen LogP contribution < -0.4 is 0 Å². The zero-order chi connectivity index (χ0) is 13.6. The molecule has 0 saturated heterocycles. The van der Waals surface area contributed by atoms with Crippen molar-refractivity contribution in [2.45, 2.75) is 47.0 Å². The maximum absolute atomic E-state index is 11.2. The Hall–Kier alpha value is -1.06. The van der Waals surface area contributed by atoms with E-state index in [1.807, 2.05) is 27.7 Å². The summed E-state index contributed by atoms with van der Waals surface area (Å²) in [6.07, 6.45) is 1.74. The molecule has 4 nitrogen and oxygen atoms in total. The molecule has 0 aromatic rings. The first-order valence-electron chi connectivity index (χ1n) is 6.30. The molecular weight excluding hydrogens is 220 g/mol. The SMILES string of the molecule is CC[C@H](C)[C@H](C[C@@H](C(=O)O)[C@@H](C)CC)C(=O)O. The summed E-state index contributed by atoms with van der Waals surface area (Å²) in [6, 6.07) is 0. The first-order chi connectivity index (χ1) is 7.84. The summed E-state index contributed by atoms with van der Waals surface area (Å²) in [5.41, 5.74) is 0. The average Bonchev–Trinajstić information content (AvgIpc) is 2.27. The largest absolute Gasteiger partial charge is 0.481 e. The number of carboxylic acids is 2. The van der Waals surface area contributed by atoms with E-state index in [0.717, 1.165) is 12.8 Å². The smallest absolute Gasteiger partial charge is 0.306 e. The molecule has 0 aliphatic heterocycles. The third kappa shape index (κ3) is 4.75. The quantitative estimate of drug-likeness (QED) is 0.688. The Morgan fingerprint density at radius 3 is 1.35 bits per heavy atom. The third-order valence-corrected chi connectivity index (χ3v) is 3.80. The lowest BCUT2D eigenvalue weighted by molar-refractivity contribution is -0.148. The van der Waals surface area contributed by atoms with Crippen LogP contribution in [0, 0.1) is 23.7 Å². The first-order valence-corrected chi connectivity index (χ1v) is 6.30. The van der Waals surface area contributed by atoms with Crippen molar-refractivity contribution in [1.29, 1.82) is 0 Å². The van der Waals surface area contributed by atoms with E-state index in [9.17, 15) is 9.59 Å². The molecule has 0 aliphatic rings. The van der Waals surface area contributed by atoms with Gasteiger partial charge in [0.15, 0.2) is 0 Å². The monoisotopic (exact) mass is 244 g/mol. The summed E-state index contributed by atoms with van der Waals surface area (Å²) in [5.74, 6) is -2.86. The van der Waals surface area contributed by atoms with Gasteiger partial charge in [0.1, 0.15) is 0 Å². The van der Waals surface area contributed by atoms with Crippen LogP contribution in [0.3, 0.4) is 0 Å². The van der Waals surface area contributed by atoms with Gasteiger partial charge in [-0.2, -0.15) is 0 Å². The van der Waals surface area contributed by atoms with Crippen molar-refractivity contribution in [2.24, 2.45) is 23.7 Å². The standard InChI is InChI=1S/C13H24O4/c1-5-8(3)10(12(14)15)7-11(13(16)17)9(4)6-2/h8-11H,5-7H2,1-4H3,(H,14,15)(H,16,17)/t8-,9-,10-,11+/m0/s1. The van der Waals surface area contributed by atoms with Gasteiger partial charge >= 0.3 is 11.9 Å². The second-order valence-electron chi connectivity index (χ2n) is 4.90. The minimum atomic E-state index is -0.881. The highest BCUT2D eigenvalue weighted by molar-refractivity contribution is 5.74. The summed E-state index contributed by atoms with van der Waals surface area (Å²) in [7, 11) is 0. The van der Waals surface area contributed by atoms with Crippen LogP contribution in [0.1, 0.15) is 47.0 Å². The van der Waals surface area contributed by atoms with E-state index in [1.54, 1.807) is 0 Å². The lowest BCUT2D eigenvalue weighted by Gasteiger charge is -2.25. The molecule has 0 fully saturated rings. The normalized spacial score (nSPS) is 18.1. The Labute approximate surface area is 103 Å². The molecule has 0 amide bonds. The molecule has 0 spiro atoms. The minimum Gasteiger partial charge on any atom is -0.481 e. The summed E-state index contributed by atoms with van der Waals surface area (Å²) >= 11 is 0. The number of hydrogen-bond donors (Lipinski definition) is 2. The molecule has 0 radical (unpaired) electrons. The van der Waals surface area contributed by atoms with Gasteiger partial charge in [0.05, 0.1) is 11.8 Å². The minimum absolute atomic E-state index is 0.0124. The molecule has 0 aliphatic carbocycles. The van der Waals surface area contributed by atoms with Crippen molar-refractivity contribution in [3.05, 3.63) is 0 Å². The van der Waals surface area contributed by atoms with E-state index in [4.69, 9.17) is 10.2 Å². The van der Waals surface area contributed by atoms with E-state index < -0.39 is 23.8 Å². The molecule has 2 N–H and O–H groups in total. The Morgan fingerprint density at radius 2 is 1.18 bits per heavy atom. The molecule has 0 rings (SSSR count). The van der Waals surface area contributed by atoms with Gasteiger partial charge < -0.3 is 10.2 Å². The van der Waals surface area contributed by atoms with E-state index >= 15 is 0 Å². The fourth-order valence-corrected chi connectivity index (χ4v) is 2.00. The Kier molecular flexibility index (Phi) is 6.85. The van der Waals surface area contributed by atoms with Crippen molar-refractivity contribution >= 4 is 11.9 Å². The summed E-state index contributed by atoms with van der Waals surface area (Å²) in [5, 5.41) is 18.3. The lowest BCUT2D eigenvalue weighted by atomic mass is 9.79. The van der Waals surface area contributed by atoms with E-state index in [2.05, 4.69) is 0 Å². The molecular formula is C13H24O4. The topological polar surface area (TPSA) is 74.6 Å². The van der Waals surface area contributed by atoms with Crippen LogP contribution in [0.25, 0.3) is 0 Å². The fourth-order valence-electron chi connectivity index (χ4n) is 2.00. The number of rotatable bonds is 8. The number of carboxylic acid groups (broad SMARTS) is 2. The second kappa shape index (κ2) is 7.30. The van der Waals surface area contributed by atoms with Gasteiger partial charge in [-0.05, 0) is 18.3 Å². The number of aliphatic carboxylic acids is 2. The average molecular weight is 244 g/mol. The van der Waals surface area contributed by atoms with E-state index in [-0.39, 0.29) is 18.3 Å². The van der Waals surface area contributed by atoms with Crippen LogP contribution in [0.4, 0.5) is 0 Å². The van der Waals surface area contributed by atoms with Gasteiger partial charge in [0, 0.05) is 0 Å². The highest BCUT2D eigenvalue weighted by Crippen LogP contribution is 2.29. The van der Waals surface area contributed by atoms with Crippen molar-refractivity contribution in [3.63, 3.8) is 0 Å². The van der Waals surface area contributed by atoms with Crippen LogP contribution in [-0.4, -0.2) is 22.2 Å². The van der Waals surface area contributed by atoms with Crippen molar-refractivity contribution in [3.8, 4) is 0 Å². The summed E-state index contributed by atoms with van der Waals surface area (Å²) < 4.78 is 0. The van der Waals surface area contributed by atoms with Crippen molar-refractivity contribution < 1.29 is 19.8 Å². The molecule has 4 atom stereocenters. The lowest BCUT2D eigenvalue weighted by Crippen LogP contribution is -2.30. The zero-order valence-electron chi connectivity index (χ0n) is 11.1. The summed E-state index contributed by atoms with van der Waals surface area (Å²) in [4.78, 5) is 22.4. The maximum atomic E-state index is 11.2. The fraction of sp³-hybridized carbons (Fsp3) is 0.846. The number of hydrogen-bond acceptors (Lipinski definition) is 2. The Bertz CT molecular complexity index is 236. The first kappa shape index (κ1) is 15.9. The molecule has 0 heterocycles. The van der Waals surface area contributed by atoms with Crippen molar-refractivity contribution in [1.82, 2.24) is 0 Å². The molecule has 0 saturated carbocycles. The summed E-state index contributed by atoms with van der Waals surface area (Å²) in [6.45, 7) is 7.60. The second-order valence-corrected chi connectivity index (χ2v) is 4.90. The molecule has 0 aromatic heterocycles. The van der Waals surface area contributed by atoms with Gasteiger partial charge in [0.25, 0.3) is 0 Å². The van der Waals surface area contributed by atoms with Crippen LogP contribution in [0.15, 0.2) is 0 Å². The Balaban J connectivity index is 4.80. The van der Waals surface area contributed by atoms with Crippen LogP contribution in [-0.2, 0) is 9.59 Å². The highest BCUT2D eigenvalue weighted by Gasteiger charge is 2.32. The molecule has 0 unspecified atom stereocenters. The molecule has 100 valence electrons.